The van der Waals surface area contributed by atoms with Crippen LogP contribution in [0.3, 0.4) is 0 Å². The predicted molar refractivity (Wildman–Crippen MR) is 110 cm³/mol. The molecule has 160 valence electrons. The minimum absolute atomic E-state index is 0.0240. The Labute approximate surface area is 178 Å². The Bertz CT molecular complexity index is 899. The van der Waals surface area contributed by atoms with Crippen molar-refractivity contribution < 1.29 is 33.8 Å². The van der Waals surface area contributed by atoms with Crippen LogP contribution >= 0.6 is 11.6 Å². The van der Waals surface area contributed by atoms with E-state index in [0.717, 1.165) is 0 Å². The Balaban J connectivity index is 2.59. The number of hydrogen-bond donors (Lipinski definition) is 1. The van der Waals surface area contributed by atoms with Gasteiger partial charge in [-0.2, -0.15) is 0 Å². The third kappa shape index (κ3) is 4.88. The monoisotopic (exact) mass is 435 g/mol. The van der Waals surface area contributed by atoms with E-state index in [-0.39, 0.29) is 48.1 Å². The number of carbonyl (C=O) groups excluding carboxylic acids is 3. The lowest BCUT2D eigenvalue weighted by Crippen LogP contribution is -2.19. The largest absolute Gasteiger partial charge is 0.462 e. The lowest BCUT2D eigenvalue weighted by atomic mass is 10.1. The van der Waals surface area contributed by atoms with Crippen molar-refractivity contribution in [1.82, 2.24) is 0 Å². The fourth-order valence-electron chi connectivity index (χ4n) is 2.89. The summed E-state index contributed by atoms with van der Waals surface area (Å²) in [5.74, 6) is -2.08. The van der Waals surface area contributed by atoms with Crippen molar-refractivity contribution >= 4 is 35.2 Å². The second-order valence-corrected chi connectivity index (χ2v) is 6.40. The van der Waals surface area contributed by atoms with E-state index in [0.29, 0.717) is 16.7 Å². The molecular weight excluding hydrogens is 414 g/mol. The maximum atomic E-state index is 12.5. The summed E-state index contributed by atoms with van der Waals surface area (Å²) in [6.07, 6.45) is -0.0240. The highest BCUT2D eigenvalue weighted by atomic mass is 35.5. The predicted octanol–water partition coefficient (Wildman–Crippen LogP) is 3.73. The number of carbonyl (C=O) groups is 3. The van der Waals surface area contributed by atoms with Crippen molar-refractivity contribution in [2.24, 2.45) is 5.16 Å². The minimum Gasteiger partial charge on any atom is -0.462 e. The standard InChI is InChI=1S/C21H22ClNO7/c1-4-28-19(24)15(23-27)11-12-7-9-13-14(10-8-12)17(21(26)30-6-3)18(22)16(13)20(25)29-5-2/h7-10,27H,4-6,11H2,1-3H3. The number of rotatable bonds is 8. The van der Waals surface area contributed by atoms with Gasteiger partial charge in [0.1, 0.15) is 0 Å². The van der Waals surface area contributed by atoms with E-state index in [1.54, 1.807) is 45.0 Å². The Morgan fingerprint density at radius 2 is 1.33 bits per heavy atom. The molecule has 0 spiro atoms. The SMILES string of the molecule is CCOC(=O)C(Cc1ccc2c(C(=O)OCC)c(Cl)c(C(=O)OCC)c-2cc1)=NO. The first-order valence-electron chi connectivity index (χ1n) is 9.35. The minimum atomic E-state index is -0.743. The first-order valence-corrected chi connectivity index (χ1v) is 9.73. The van der Waals surface area contributed by atoms with Gasteiger partial charge in [0.15, 0.2) is 5.71 Å². The summed E-state index contributed by atoms with van der Waals surface area (Å²) in [6, 6.07) is 6.43. The molecule has 30 heavy (non-hydrogen) atoms. The van der Waals surface area contributed by atoms with Crippen LogP contribution in [-0.4, -0.2) is 48.6 Å². The number of nitrogens with zero attached hydrogens (tertiary/aromatic N) is 1. The summed E-state index contributed by atoms with van der Waals surface area (Å²) in [5.41, 5.74) is 1.29. The van der Waals surface area contributed by atoms with E-state index in [2.05, 4.69) is 5.16 Å². The molecule has 0 aromatic carbocycles. The van der Waals surface area contributed by atoms with Crippen molar-refractivity contribution in [2.45, 2.75) is 27.2 Å². The molecule has 2 aliphatic rings. The first kappa shape index (κ1) is 23.2. The lowest BCUT2D eigenvalue weighted by molar-refractivity contribution is -0.135. The quantitative estimate of drug-likeness (QED) is 0.221. The maximum absolute atomic E-state index is 12.5. The van der Waals surface area contributed by atoms with E-state index in [4.69, 9.17) is 31.0 Å². The van der Waals surface area contributed by atoms with Gasteiger partial charge in [-0.1, -0.05) is 41.0 Å². The summed E-state index contributed by atoms with van der Waals surface area (Å²) in [7, 11) is 0. The van der Waals surface area contributed by atoms with E-state index in [1.165, 1.54) is 0 Å². The molecule has 9 heteroatoms. The second kappa shape index (κ2) is 10.6. The van der Waals surface area contributed by atoms with Gasteiger partial charge in [-0.15, -0.1) is 0 Å². The molecule has 0 unspecified atom stereocenters. The summed E-state index contributed by atoms with van der Waals surface area (Å²) in [6.45, 7) is 5.37. The smallest absolute Gasteiger partial charge is 0.356 e. The highest BCUT2D eigenvalue weighted by molar-refractivity contribution is 6.39. The van der Waals surface area contributed by atoms with Crippen LogP contribution in [0.2, 0.25) is 5.02 Å². The van der Waals surface area contributed by atoms with Crippen molar-refractivity contribution in [3.63, 3.8) is 0 Å². The molecule has 0 aromatic rings. The van der Waals surface area contributed by atoms with Gasteiger partial charge in [0.05, 0.1) is 36.0 Å². The lowest BCUT2D eigenvalue weighted by Gasteiger charge is -2.03. The van der Waals surface area contributed by atoms with Gasteiger partial charge >= 0.3 is 17.9 Å². The van der Waals surface area contributed by atoms with Crippen LogP contribution in [0.4, 0.5) is 0 Å². The van der Waals surface area contributed by atoms with E-state index in [1.807, 2.05) is 0 Å². The van der Waals surface area contributed by atoms with Crippen molar-refractivity contribution in [3.8, 4) is 11.1 Å². The molecule has 0 radical (unpaired) electrons. The molecule has 0 amide bonds. The normalized spacial score (nSPS) is 11.3. The van der Waals surface area contributed by atoms with Gasteiger partial charge in [-0.05, 0) is 37.5 Å². The van der Waals surface area contributed by atoms with E-state index >= 15 is 0 Å². The number of ether oxygens (including phenoxy) is 3. The Morgan fingerprint density at radius 3 is 1.73 bits per heavy atom. The van der Waals surface area contributed by atoms with Crippen molar-refractivity contribution in [3.05, 3.63) is 46.0 Å². The van der Waals surface area contributed by atoms with Crippen LogP contribution < -0.4 is 0 Å². The number of oxime groups is 1. The molecule has 0 bridgehead atoms. The van der Waals surface area contributed by atoms with Gasteiger partial charge < -0.3 is 19.4 Å². The van der Waals surface area contributed by atoms with Crippen molar-refractivity contribution in [1.29, 1.82) is 0 Å². The number of halogens is 1. The molecule has 0 aliphatic heterocycles. The summed E-state index contributed by atoms with van der Waals surface area (Å²) >= 11 is 6.36. The highest BCUT2D eigenvalue weighted by Gasteiger charge is 2.31. The Kier molecular flexibility index (Phi) is 8.17. The van der Waals surface area contributed by atoms with Gasteiger partial charge in [0.25, 0.3) is 0 Å². The average Bonchev–Trinajstić information content (AvgIpc) is 2.84. The van der Waals surface area contributed by atoms with E-state index in [9.17, 15) is 14.4 Å². The molecule has 0 saturated heterocycles. The van der Waals surface area contributed by atoms with Crippen LogP contribution in [0.1, 0.15) is 47.1 Å². The van der Waals surface area contributed by atoms with Gasteiger partial charge in [-0.25, -0.2) is 14.4 Å². The molecule has 0 fully saturated rings. The van der Waals surface area contributed by atoms with Crippen molar-refractivity contribution in [2.75, 3.05) is 19.8 Å². The summed E-state index contributed by atoms with van der Waals surface area (Å²) < 4.78 is 15.0. The fourth-order valence-corrected chi connectivity index (χ4v) is 3.25. The van der Waals surface area contributed by atoms with Crippen LogP contribution in [0.25, 0.3) is 11.1 Å². The molecule has 0 atom stereocenters. The molecule has 0 saturated carbocycles. The summed E-state index contributed by atoms with van der Waals surface area (Å²) in [4.78, 5) is 36.8. The van der Waals surface area contributed by atoms with Crippen LogP contribution in [0.15, 0.2) is 29.4 Å². The summed E-state index contributed by atoms with van der Waals surface area (Å²) in [5, 5.41) is 12.1. The first-order chi connectivity index (χ1) is 14.4. The zero-order chi connectivity index (χ0) is 22.3. The second-order valence-electron chi connectivity index (χ2n) is 6.02. The molecule has 0 aromatic heterocycles. The molecule has 0 heterocycles. The molecular formula is C21H22ClNO7. The zero-order valence-electron chi connectivity index (χ0n) is 16.9. The number of fused-ring (bicyclic) bond motifs is 1. The molecule has 8 nitrogen and oxygen atoms in total. The molecule has 2 rings (SSSR count). The van der Waals surface area contributed by atoms with Crippen LogP contribution in [0, 0.1) is 0 Å². The van der Waals surface area contributed by atoms with Gasteiger partial charge in [0.2, 0.25) is 0 Å². The fraction of sp³-hybridized carbons (Fsp3) is 0.333. The molecule has 1 N–H and O–H groups in total. The van der Waals surface area contributed by atoms with E-state index < -0.39 is 17.9 Å². The molecule has 2 aliphatic carbocycles. The third-order valence-electron chi connectivity index (χ3n) is 4.16. The Morgan fingerprint density at radius 1 is 0.867 bits per heavy atom. The zero-order valence-corrected chi connectivity index (χ0v) is 17.6. The van der Waals surface area contributed by atoms with Crippen LogP contribution in [0.5, 0.6) is 0 Å². The third-order valence-corrected chi connectivity index (χ3v) is 4.54. The van der Waals surface area contributed by atoms with Gasteiger partial charge in [0, 0.05) is 6.42 Å². The number of hydrogen-bond acceptors (Lipinski definition) is 8. The van der Waals surface area contributed by atoms with Gasteiger partial charge in [-0.3, -0.25) is 0 Å². The topological polar surface area (TPSA) is 111 Å². The Hall–Kier alpha value is -3.13. The average molecular weight is 436 g/mol. The highest BCUT2D eigenvalue weighted by Crippen LogP contribution is 2.40. The number of esters is 3. The van der Waals surface area contributed by atoms with Crippen LogP contribution in [-0.2, 0) is 25.4 Å². The maximum Gasteiger partial charge on any atom is 0.356 e.